The van der Waals surface area contributed by atoms with Crippen molar-refractivity contribution in [3.05, 3.63) is 4.91 Å². The molecular formula is H6AlClNNaO2. The van der Waals surface area contributed by atoms with Gasteiger partial charge in [0, 0.05) is 0 Å². The number of hydrogen-bond acceptors (Lipinski definition) is 2. The van der Waals surface area contributed by atoms with Crippen molar-refractivity contribution < 1.29 is 36.2 Å². The Balaban J connectivity index is -0.00000000333. The third-order valence-electron chi connectivity index (χ3n) is 0. The first-order valence-electron chi connectivity index (χ1n) is 0.383. The monoisotopic (exact) mass is 137 g/mol. The molecule has 0 aromatic heterocycles. The van der Waals surface area contributed by atoms with Crippen LogP contribution in [0.1, 0.15) is 1.43 Å². The molecule has 0 aromatic carbocycles. The first-order valence-corrected chi connectivity index (χ1v) is 0.383. The summed E-state index contributed by atoms with van der Waals surface area (Å²) in [5, 5.41) is 7.89. The molecule has 3 nitrogen and oxygen atoms in total. The zero-order valence-electron chi connectivity index (χ0n) is 3.71. The summed E-state index contributed by atoms with van der Waals surface area (Å²) in [5.74, 6) is 0. The van der Waals surface area contributed by atoms with Crippen molar-refractivity contribution in [2.24, 2.45) is 5.34 Å². The number of hydrogen-bond donors (Lipinski definition) is 1. The molecule has 1 N–H and O–H groups in total. The molecule has 0 radical (unpaired) electrons. The Morgan fingerprint density at radius 1 is 1.67 bits per heavy atom. The number of rotatable bonds is 0. The largest absolute Gasteiger partial charge is 1.00 e. The molecule has 0 rings (SSSR count). The van der Waals surface area contributed by atoms with Gasteiger partial charge in [0.2, 0.25) is 0 Å². The second-order valence-corrected chi connectivity index (χ2v) is 0.0816. The van der Waals surface area contributed by atoms with Gasteiger partial charge in [-0.05, 0) is 0 Å². The fourth-order valence-electron chi connectivity index (χ4n) is 0. The Morgan fingerprint density at radius 3 is 1.67 bits per heavy atom. The molecule has 0 spiro atoms. The predicted molar refractivity (Wildman–Crippen MR) is 25.9 cm³/mol. The molecule has 6 heavy (non-hydrogen) atoms. The molecule has 6 heteroatoms. The molecule has 0 saturated carbocycles. The minimum Gasteiger partial charge on any atom is -1.00 e. The van der Waals surface area contributed by atoms with Gasteiger partial charge in [-0.25, -0.2) is 0 Å². The van der Waals surface area contributed by atoms with Crippen LogP contribution in [-0.4, -0.2) is 22.6 Å². The van der Waals surface area contributed by atoms with E-state index < -0.39 is 0 Å². The van der Waals surface area contributed by atoms with Crippen molar-refractivity contribution in [3.8, 4) is 0 Å². The maximum atomic E-state index is 8.11. The van der Waals surface area contributed by atoms with E-state index in [0.29, 0.717) is 0 Å². The van der Waals surface area contributed by atoms with Crippen LogP contribution in [-0.2, 0) is 0 Å². The maximum Gasteiger partial charge on any atom is 1.00 e. The average Bonchev–Trinajstić information content (AvgIpc) is 0.918. The van der Waals surface area contributed by atoms with Gasteiger partial charge in [-0.3, -0.25) is 0 Å². The van der Waals surface area contributed by atoms with Gasteiger partial charge >= 0.3 is 29.6 Å². The third kappa shape index (κ3) is 62.3. The van der Waals surface area contributed by atoms with Crippen LogP contribution in [0.2, 0.25) is 0 Å². The zero-order valence-corrected chi connectivity index (χ0v) is 5.53. The fourth-order valence-corrected chi connectivity index (χ4v) is 0. The van der Waals surface area contributed by atoms with Crippen molar-refractivity contribution >= 4 is 29.8 Å². The van der Waals surface area contributed by atoms with E-state index in [2.05, 4.69) is 0 Å². The van der Waals surface area contributed by atoms with Crippen LogP contribution in [0.5, 0.6) is 0 Å². The van der Waals surface area contributed by atoms with Crippen molar-refractivity contribution in [1.82, 2.24) is 0 Å². The van der Waals surface area contributed by atoms with Crippen molar-refractivity contribution in [3.63, 3.8) is 0 Å². The molecule has 0 fully saturated rings. The van der Waals surface area contributed by atoms with Crippen LogP contribution in [0.25, 0.3) is 0 Å². The molecule has 0 amide bonds. The second kappa shape index (κ2) is 34.4. The molecule has 0 bridgehead atoms. The summed E-state index contributed by atoms with van der Waals surface area (Å²) in [5.41, 5.74) is 0. The zero-order chi connectivity index (χ0) is 2.71. The predicted octanol–water partition coefficient (Wildman–Crippen LogP) is -3.50. The Morgan fingerprint density at radius 2 is 1.67 bits per heavy atom. The SMILES string of the molecule is Cl.O=NO.[AlH3].[H-].[Na+]. The van der Waals surface area contributed by atoms with Gasteiger partial charge in [0.05, 0.1) is 0 Å². The Labute approximate surface area is 75.7 Å². The van der Waals surface area contributed by atoms with E-state index in [1.54, 1.807) is 0 Å². The van der Waals surface area contributed by atoms with E-state index in [9.17, 15) is 0 Å². The van der Waals surface area contributed by atoms with E-state index in [4.69, 9.17) is 10.1 Å². The third-order valence-corrected chi connectivity index (χ3v) is 0. The quantitative estimate of drug-likeness (QED) is 0.214. The van der Waals surface area contributed by atoms with Crippen LogP contribution in [0.15, 0.2) is 5.34 Å². The van der Waals surface area contributed by atoms with E-state index in [-0.39, 0.29) is 60.8 Å². The van der Waals surface area contributed by atoms with Crippen molar-refractivity contribution in [1.29, 1.82) is 0 Å². The van der Waals surface area contributed by atoms with Gasteiger partial charge < -0.3 is 6.63 Å². The van der Waals surface area contributed by atoms with Gasteiger partial charge in [-0.1, -0.05) is 0 Å². The summed E-state index contributed by atoms with van der Waals surface area (Å²) in [4.78, 5) is 8.11. The van der Waals surface area contributed by atoms with Crippen molar-refractivity contribution in [2.45, 2.75) is 0 Å². The topological polar surface area (TPSA) is 49.7 Å². The molecule has 0 aromatic rings. The molecule has 0 aliphatic rings. The smallest absolute Gasteiger partial charge is 1.00 e. The molecule has 0 unspecified atom stereocenters. The Bertz CT molecular complexity index is 25.2. The van der Waals surface area contributed by atoms with Crippen LogP contribution in [0, 0.1) is 4.91 Å². The average molecular weight is 137 g/mol. The summed E-state index contributed by atoms with van der Waals surface area (Å²) >= 11 is 0. The minimum atomic E-state index is 0. The minimum absolute atomic E-state index is 0. The van der Waals surface area contributed by atoms with Gasteiger partial charge in [-0.2, -0.15) is 0 Å². The summed E-state index contributed by atoms with van der Waals surface area (Å²) < 4.78 is 0. The van der Waals surface area contributed by atoms with E-state index >= 15 is 0 Å². The van der Waals surface area contributed by atoms with Crippen LogP contribution in [0.3, 0.4) is 0 Å². The Hall–Kier alpha value is 1.22. The van der Waals surface area contributed by atoms with Crippen molar-refractivity contribution in [2.75, 3.05) is 0 Å². The standard InChI is InChI=1S/Al.ClH.HNO2.Na.4H/c;;2-1-3;;;;;/h;1H;(H,2,3);;;;;/q;;;+1;;;;-1. The van der Waals surface area contributed by atoms with Crippen LogP contribution in [0.4, 0.5) is 0 Å². The van der Waals surface area contributed by atoms with Crippen LogP contribution >= 0.6 is 12.4 Å². The fraction of sp³-hybridized carbons (Fsp3) is 0. The van der Waals surface area contributed by atoms with E-state index in [0.717, 1.165) is 0 Å². The molecule has 0 aliphatic heterocycles. The van der Waals surface area contributed by atoms with Crippen LogP contribution < -0.4 is 29.6 Å². The van der Waals surface area contributed by atoms with Gasteiger partial charge in [-0.15, -0.1) is 17.3 Å². The molecule has 0 heterocycles. The van der Waals surface area contributed by atoms with Gasteiger partial charge in [0.25, 0.3) is 0 Å². The molecule has 0 atom stereocenters. The first-order chi connectivity index (χ1) is 1.41. The second-order valence-electron chi connectivity index (χ2n) is 0.0816. The summed E-state index contributed by atoms with van der Waals surface area (Å²) in [6, 6.07) is 0. The normalized spacial score (nSPS) is 2.00. The summed E-state index contributed by atoms with van der Waals surface area (Å²) in [6.07, 6.45) is 0. The molecule has 0 aliphatic carbocycles. The maximum absolute atomic E-state index is 8.11. The van der Waals surface area contributed by atoms with E-state index in [1.165, 1.54) is 5.34 Å². The Kier molecular flexibility index (Phi) is 154. The number of nitrogens with zero attached hydrogens (tertiary/aromatic N) is 1. The summed E-state index contributed by atoms with van der Waals surface area (Å²) in [7, 11) is 0. The van der Waals surface area contributed by atoms with Gasteiger partial charge in [0.1, 0.15) is 0 Å². The summed E-state index contributed by atoms with van der Waals surface area (Å²) in [6.45, 7) is 0. The molecule has 0 saturated heterocycles. The number of halogens is 1. The first kappa shape index (κ1) is 26.9. The van der Waals surface area contributed by atoms with Gasteiger partial charge in [0.15, 0.2) is 22.7 Å². The molecular weight excluding hydrogens is 131 g/mol. The molecule has 34 valence electrons. The van der Waals surface area contributed by atoms with E-state index in [1.807, 2.05) is 0 Å².